The summed E-state index contributed by atoms with van der Waals surface area (Å²) in [6.07, 6.45) is 0. The normalized spacial score (nSPS) is 10.5. The third-order valence-electron chi connectivity index (χ3n) is 1.83. The van der Waals surface area contributed by atoms with Crippen molar-refractivity contribution in [2.24, 2.45) is 0 Å². The van der Waals surface area contributed by atoms with Crippen molar-refractivity contribution in [3.8, 4) is 0 Å². The van der Waals surface area contributed by atoms with Gasteiger partial charge in [0.05, 0.1) is 0 Å². The van der Waals surface area contributed by atoms with Gasteiger partial charge in [-0.2, -0.15) is 0 Å². The van der Waals surface area contributed by atoms with Crippen molar-refractivity contribution < 1.29 is 0 Å². The number of benzene rings is 1. The van der Waals surface area contributed by atoms with E-state index in [-0.39, 0.29) is 0 Å². The highest BCUT2D eigenvalue weighted by atomic mass is 79.9. The molecule has 0 radical (unpaired) electrons. The second-order valence-electron chi connectivity index (χ2n) is 3.10. The van der Waals surface area contributed by atoms with E-state index >= 15 is 0 Å². The summed E-state index contributed by atoms with van der Waals surface area (Å²) in [5.74, 6) is 0.948. The van der Waals surface area contributed by atoms with Gasteiger partial charge in [0.25, 0.3) is 0 Å². The molecule has 2 rings (SSSR count). The van der Waals surface area contributed by atoms with E-state index in [9.17, 15) is 0 Å². The van der Waals surface area contributed by atoms with Crippen molar-refractivity contribution in [1.29, 1.82) is 0 Å². The van der Waals surface area contributed by atoms with Crippen LogP contribution in [0.4, 0.5) is 0 Å². The average Bonchev–Trinajstić information content (AvgIpc) is 2.62. The molecule has 0 N–H and O–H groups in total. The van der Waals surface area contributed by atoms with Gasteiger partial charge in [0.15, 0.2) is 8.26 Å². The lowest BCUT2D eigenvalue weighted by Gasteiger charge is -1.99. The fourth-order valence-electron chi connectivity index (χ4n) is 1.20. The molecular formula is C10H9BrN2S2. The minimum absolute atomic E-state index is 0.842. The lowest BCUT2D eigenvalue weighted by Crippen LogP contribution is -1.81. The first-order valence-electron chi connectivity index (χ1n) is 4.41. The molecule has 15 heavy (non-hydrogen) atoms. The molecule has 1 aromatic carbocycles. The molecule has 0 fully saturated rings. The molecule has 0 atom stereocenters. The van der Waals surface area contributed by atoms with E-state index in [2.05, 4.69) is 57.3 Å². The van der Waals surface area contributed by atoms with Crippen LogP contribution in [0.5, 0.6) is 0 Å². The summed E-state index contributed by atoms with van der Waals surface area (Å²) >= 11 is 6.59. The Hall–Kier alpha value is -0.390. The SMILES string of the molecule is Cc1cccc(CSc2nnc(Br)s2)c1. The third-order valence-corrected chi connectivity index (χ3v) is 4.39. The van der Waals surface area contributed by atoms with Crippen LogP contribution in [-0.2, 0) is 5.75 Å². The maximum atomic E-state index is 4.04. The summed E-state index contributed by atoms with van der Waals surface area (Å²) in [5.41, 5.74) is 2.62. The van der Waals surface area contributed by atoms with Gasteiger partial charge in [-0.25, -0.2) is 0 Å². The van der Waals surface area contributed by atoms with E-state index in [4.69, 9.17) is 0 Å². The first-order valence-corrected chi connectivity index (χ1v) is 7.01. The Labute approximate surface area is 105 Å². The number of nitrogens with zero attached hydrogens (tertiary/aromatic N) is 2. The first-order chi connectivity index (χ1) is 7.24. The van der Waals surface area contributed by atoms with E-state index in [1.807, 2.05) is 0 Å². The smallest absolute Gasteiger partial charge is 0.131 e. The van der Waals surface area contributed by atoms with Crippen molar-refractivity contribution in [3.63, 3.8) is 0 Å². The van der Waals surface area contributed by atoms with Crippen molar-refractivity contribution >= 4 is 39.0 Å². The molecule has 0 bridgehead atoms. The summed E-state index contributed by atoms with van der Waals surface area (Å²) in [6, 6.07) is 8.52. The molecule has 1 heterocycles. The quantitative estimate of drug-likeness (QED) is 0.804. The molecule has 1 aromatic heterocycles. The first kappa shape index (κ1) is 11.1. The number of aryl methyl sites for hydroxylation is 1. The standard InChI is InChI=1S/C10H9BrN2S2/c1-7-3-2-4-8(5-7)6-14-10-13-12-9(11)15-10/h2-5H,6H2,1H3. The zero-order valence-corrected chi connectivity index (χ0v) is 11.3. The zero-order valence-electron chi connectivity index (χ0n) is 8.11. The van der Waals surface area contributed by atoms with Crippen LogP contribution in [0, 0.1) is 6.92 Å². The number of hydrogen-bond donors (Lipinski definition) is 0. The van der Waals surface area contributed by atoms with Crippen LogP contribution in [0.1, 0.15) is 11.1 Å². The summed E-state index contributed by atoms with van der Waals surface area (Å²) in [5, 5.41) is 7.95. The molecule has 0 saturated heterocycles. The van der Waals surface area contributed by atoms with Gasteiger partial charge in [0.1, 0.15) is 0 Å². The summed E-state index contributed by atoms with van der Waals surface area (Å²) < 4.78 is 1.85. The average molecular weight is 301 g/mol. The van der Waals surface area contributed by atoms with Gasteiger partial charge in [-0.15, -0.1) is 10.2 Å². The van der Waals surface area contributed by atoms with Crippen LogP contribution in [0.3, 0.4) is 0 Å². The maximum Gasteiger partial charge on any atom is 0.184 e. The minimum atomic E-state index is 0.842. The molecule has 5 heteroatoms. The Bertz CT molecular complexity index is 456. The van der Waals surface area contributed by atoms with E-state index < -0.39 is 0 Å². The molecule has 0 amide bonds. The predicted molar refractivity (Wildman–Crippen MR) is 68.3 cm³/mol. The van der Waals surface area contributed by atoms with Crippen molar-refractivity contribution in [2.75, 3.05) is 0 Å². The zero-order chi connectivity index (χ0) is 10.7. The van der Waals surface area contributed by atoms with E-state index in [0.29, 0.717) is 0 Å². The van der Waals surface area contributed by atoms with Crippen LogP contribution in [-0.4, -0.2) is 10.2 Å². The fourth-order valence-corrected chi connectivity index (χ4v) is 3.58. The molecule has 0 aliphatic rings. The van der Waals surface area contributed by atoms with Gasteiger partial charge in [-0.1, -0.05) is 52.9 Å². The second kappa shape index (κ2) is 5.09. The monoisotopic (exact) mass is 300 g/mol. The highest BCUT2D eigenvalue weighted by Gasteiger charge is 2.02. The van der Waals surface area contributed by atoms with Crippen molar-refractivity contribution in [2.45, 2.75) is 17.0 Å². The van der Waals surface area contributed by atoms with Crippen LogP contribution >= 0.6 is 39.0 Å². The van der Waals surface area contributed by atoms with Gasteiger partial charge in [-0.3, -0.25) is 0 Å². The van der Waals surface area contributed by atoms with Crippen LogP contribution < -0.4 is 0 Å². The van der Waals surface area contributed by atoms with E-state index in [1.54, 1.807) is 23.1 Å². The summed E-state index contributed by atoms with van der Waals surface area (Å²) in [7, 11) is 0. The minimum Gasteiger partial charge on any atom is -0.131 e. The molecule has 0 spiro atoms. The summed E-state index contributed by atoms with van der Waals surface area (Å²) in [4.78, 5) is 0. The Balaban J connectivity index is 1.99. The molecule has 2 aromatic rings. The number of aromatic nitrogens is 2. The molecule has 0 aliphatic heterocycles. The molecule has 0 saturated carbocycles. The van der Waals surface area contributed by atoms with E-state index in [0.717, 1.165) is 14.0 Å². The van der Waals surface area contributed by atoms with Gasteiger partial charge in [-0.05, 0) is 28.4 Å². The lowest BCUT2D eigenvalue weighted by atomic mass is 10.2. The van der Waals surface area contributed by atoms with Crippen molar-refractivity contribution in [1.82, 2.24) is 10.2 Å². The number of thioether (sulfide) groups is 1. The topological polar surface area (TPSA) is 25.8 Å². The van der Waals surface area contributed by atoms with Crippen LogP contribution in [0.25, 0.3) is 0 Å². The van der Waals surface area contributed by atoms with Gasteiger partial charge >= 0.3 is 0 Å². The highest BCUT2D eigenvalue weighted by Crippen LogP contribution is 2.28. The number of hydrogen-bond acceptors (Lipinski definition) is 4. The number of halogens is 1. The Morgan fingerprint density at radius 1 is 1.40 bits per heavy atom. The number of rotatable bonds is 3. The van der Waals surface area contributed by atoms with Crippen LogP contribution in [0.2, 0.25) is 0 Å². The highest BCUT2D eigenvalue weighted by molar-refractivity contribution is 9.11. The Morgan fingerprint density at radius 3 is 2.93 bits per heavy atom. The molecular weight excluding hydrogens is 292 g/mol. The maximum absolute atomic E-state index is 4.04. The van der Waals surface area contributed by atoms with Crippen LogP contribution in [0.15, 0.2) is 32.5 Å². The second-order valence-corrected chi connectivity index (χ2v) is 6.57. The van der Waals surface area contributed by atoms with Gasteiger partial charge in [0.2, 0.25) is 0 Å². The molecule has 2 nitrogen and oxygen atoms in total. The largest absolute Gasteiger partial charge is 0.184 e. The van der Waals surface area contributed by atoms with Crippen molar-refractivity contribution in [3.05, 3.63) is 39.3 Å². The molecule has 0 unspecified atom stereocenters. The third kappa shape index (κ3) is 3.29. The fraction of sp³-hybridized carbons (Fsp3) is 0.200. The Morgan fingerprint density at radius 2 is 2.27 bits per heavy atom. The van der Waals surface area contributed by atoms with Gasteiger partial charge < -0.3 is 0 Å². The lowest BCUT2D eigenvalue weighted by molar-refractivity contribution is 0.997. The molecule has 78 valence electrons. The summed E-state index contributed by atoms with van der Waals surface area (Å²) in [6.45, 7) is 2.11. The van der Waals surface area contributed by atoms with E-state index in [1.165, 1.54) is 11.1 Å². The molecule has 0 aliphatic carbocycles. The Kier molecular flexibility index (Phi) is 3.77. The van der Waals surface area contributed by atoms with Gasteiger partial charge in [0, 0.05) is 5.75 Å². The predicted octanol–water partition coefficient (Wildman–Crippen LogP) is 3.90.